The molecule has 1 aromatic heterocycles. The van der Waals surface area contributed by atoms with Gasteiger partial charge in [-0.3, -0.25) is 9.69 Å². The van der Waals surface area contributed by atoms with E-state index in [1.807, 2.05) is 32.9 Å². The third kappa shape index (κ3) is 4.84. The van der Waals surface area contributed by atoms with E-state index < -0.39 is 17.9 Å². The first-order valence-electron chi connectivity index (χ1n) is 8.97. The van der Waals surface area contributed by atoms with Crippen LogP contribution in [0.5, 0.6) is 5.75 Å². The minimum Gasteiger partial charge on any atom is -0.488 e. The predicted molar refractivity (Wildman–Crippen MR) is 104 cm³/mol. The summed E-state index contributed by atoms with van der Waals surface area (Å²) in [6.07, 6.45) is 1.58. The molecule has 0 spiro atoms. The number of hydrogen-bond acceptors (Lipinski definition) is 6. The van der Waals surface area contributed by atoms with Crippen LogP contribution in [0.4, 0.5) is 4.79 Å². The fourth-order valence-corrected chi connectivity index (χ4v) is 2.73. The summed E-state index contributed by atoms with van der Waals surface area (Å²) in [5.41, 5.74) is 0.498. The molecule has 0 radical (unpaired) electrons. The van der Waals surface area contributed by atoms with Crippen molar-refractivity contribution in [1.82, 2.24) is 10.2 Å². The van der Waals surface area contributed by atoms with Crippen LogP contribution in [0.2, 0.25) is 0 Å². The highest BCUT2D eigenvalue weighted by Gasteiger charge is 2.34. The highest BCUT2D eigenvalue weighted by Crippen LogP contribution is 2.22. The maximum atomic E-state index is 12.6. The van der Waals surface area contributed by atoms with Crippen LogP contribution in [0, 0.1) is 0 Å². The molecule has 29 heavy (non-hydrogen) atoms. The van der Waals surface area contributed by atoms with E-state index in [9.17, 15) is 14.4 Å². The van der Waals surface area contributed by atoms with E-state index in [0.29, 0.717) is 11.3 Å². The molecule has 1 aromatic carbocycles. The average Bonchev–Trinajstić information content (AvgIpc) is 3.21. The first-order chi connectivity index (χ1) is 13.7. The van der Waals surface area contributed by atoms with Gasteiger partial charge in [-0.2, -0.15) is 0 Å². The van der Waals surface area contributed by atoms with E-state index in [-0.39, 0.29) is 29.4 Å². The quantitative estimate of drug-likeness (QED) is 0.471. The van der Waals surface area contributed by atoms with Gasteiger partial charge in [0.15, 0.2) is 0 Å². The zero-order chi connectivity index (χ0) is 21.2. The Hall–Kier alpha value is -3.55. The van der Waals surface area contributed by atoms with Crippen LogP contribution in [0.15, 0.2) is 46.5 Å². The molecular formula is C21H22N2O6. The van der Waals surface area contributed by atoms with Gasteiger partial charge in [-0.25, -0.2) is 9.59 Å². The van der Waals surface area contributed by atoms with E-state index in [0.717, 1.165) is 4.90 Å². The summed E-state index contributed by atoms with van der Waals surface area (Å²) in [6, 6.07) is 9.60. The molecule has 8 nitrogen and oxygen atoms in total. The Labute approximate surface area is 168 Å². The number of methoxy groups -OCH3 is 1. The van der Waals surface area contributed by atoms with Crippen molar-refractivity contribution in [2.45, 2.75) is 32.9 Å². The second kappa shape index (κ2) is 7.83. The van der Waals surface area contributed by atoms with E-state index in [4.69, 9.17) is 9.15 Å². The van der Waals surface area contributed by atoms with Crippen molar-refractivity contribution in [2.75, 3.05) is 7.11 Å². The lowest BCUT2D eigenvalue weighted by molar-refractivity contribution is -0.123. The van der Waals surface area contributed by atoms with E-state index in [1.54, 1.807) is 18.2 Å². The van der Waals surface area contributed by atoms with Crippen molar-refractivity contribution >= 4 is 24.0 Å². The van der Waals surface area contributed by atoms with Crippen LogP contribution in [-0.2, 0) is 16.1 Å². The number of rotatable bonds is 5. The summed E-state index contributed by atoms with van der Waals surface area (Å²) in [5.74, 6) is -0.178. The standard InChI is InChI=1S/C21H22N2O6/c1-21(2,3)29-14-7-5-6-13(10-14)11-16-18(24)23(20(26)22-16)12-15-8-9-17(28-15)19(25)27-4/h5-11H,12H2,1-4H3,(H,22,26)/b16-11-. The number of hydrogen-bond donors (Lipinski definition) is 1. The Morgan fingerprint density at radius 2 is 1.97 bits per heavy atom. The van der Waals surface area contributed by atoms with Crippen molar-refractivity contribution < 1.29 is 28.3 Å². The summed E-state index contributed by atoms with van der Waals surface area (Å²) < 4.78 is 15.7. The van der Waals surface area contributed by atoms with Gasteiger partial charge in [0, 0.05) is 0 Å². The number of esters is 1. The zero-order valence-corrected chi connectivity index (χ0v) is 16.6. The SMILES string of the molecule is COC(=O)c1ccc(CN2C(=O)N/C(=C\c3cccc(OC(C)(C)C)c3)C2=O)o1. The maximum absolute atomic E-state index is 12.6. The Morgan fingerprint density at radius 3 is 2.66 bits per heavy atom. The molecule has 1 aliphatic heterocycles. The number of benzene rings is 1. The van der Waals surface area contributed by atoms with Crippen LogP contribution in [0.3, 0.4) is 0 Å². The Morgan fingerprint density at radius 1 is 1.21 bits per heavy atom. The second-order valence-corrected chi connectivity index (χ2v) is 7.42. The smallest absolute Gasteiger partial charge is 0.373 e. The molecule has 2 heterocycles. The molecule has 0 atom stereocenters. The van der Waals surface area contributed by atoms with Gasteiger partial charge in [0.1, 0.15) is 22.8 Å². The fourth-order valence-electron chi connectivity index (χ4n) is 2.73. The predicted octanol–water partition coefficient (Wildman–Crippen LogP) is 3.34. The molecule has 0 unspecified atom stereocenters. The topological polar surface area (TPSA) is 98.1 Å². The number of carbonyl (C=O) groups excluding carboxylic acids is 3. The summed E-state index contributed by atoms with van der Waals surface area (Å²) in [4.78, 5) is 37.3. The highest BCUT2D eigenvalue weighted by molar-refractivity contribution is 6.13. The summed E-state index contributed by atoms with van der Waals surface area (Å²) >= 11 is 0. The van der Waals surface area contributed by atoms with Gasteiger partial charge < -0.3 is 19.2 Å². The number of ether oxygens (including phenoxy) is 2. The van der Waals surface area contributed by atoms with Gasteiger partial charge in [-0.05, 0) is 56.7 Å². The molecule has 1 saturated heterocycles. The average molecular weight is 398 g/mol. The summed E-state index contributed by atoms with van der Waals surface area (Å²) in [5, 5.41) is 2.56. The molecule has 0 aliphatic carbocycles. The zero-order valence-electron chi connectivity index (χ0n) is 16.6. The number of nitrogens with zero attached hydrogens (tertiary/aromatic N) is 1. The molecule has 0 saturated carbocycles. The molecule has 152 valence electrons. The molecule has 0 bridgehead atoms. The second-order valence-electron chi connectivity index (χ2n) is 7.42. The lowest BCUT2D eigenvalue weighted by Crippen LogP contribution is -2.30. The molecular weight excluding hydrogens is 376 g/mol. The van der Waals surface area contributed by atoms with Gasteiger partial charge in [0.25, 0.3) is 5.91 Å². The van der Waals surface area contributed by atoms with Crippen molar-refractivity contribution in [1.29, 1.82) is 0 Å². The molecule has 3 rings (SSSR count). The molecule has 1 aliphatic rings. The fraction of sp³-hybridized carbons (Fsp3) is 0.286. The number of nitrogens with one attached hydrogen (secondary N) is 1. The molecule has 8 heteroatoms. The number of imide groups is 1. The van der Waals surface area contributed by atoms with Crippen LogP contribution < -0.4 is 10.1 Å². The van der Waals surface area contributed by atoms with Crippen LogP contribution in [0.1, 0.15) is 42.6 Å². The van der Waals surface area contributed by atoms with Crippen molar-refractivity contribution in [3.8, 4) is 5.75 Å². The number of amides is 3. The van der Waals surface area contributed by atoms with E-state index >= 15 is 0 Å². The monoisotopic (exact) mass is 398 g/mol. The normalized spacial score (nSPS) is 15.6. The van der Waals surface area contributed by atoms with Gasteiger partial charge in [-0.15, -0.1) is 0 Å². The molecule has 2 aromatic rings. The maximum Gasteiger partial charge on any atom is 0.373 e. The van der Waals surface area contributed by atoms with Crippen molar-refractivity contribution in [2.24, 2.45) is 0 Å². The number of carbonyl (C=O) groups is 3. The first-order valence-corrected chi connectivity index (χ1v) is 8.97. The van der Waals surface area contributed by atoms with Crippen LogP contribution in [0.25, 0.3) is 6.08 Å². The minimum absolute atomic E-state index is 0.000910. The van der Waals surface area contributed by atoms with E-state index in [2.05, 4.69) is 10.1 Å². The van der Waals surface area contributed by atoms with Gasteiger partial charge >= 0.3 is 12.0 Å². The number of urea groups is 1. The van der Waals surface area contributed by atoms with Crippen molar-refractivity contribution in [3.63, 3.8) is 0 Å². The van der Waals surface area contributed by atoms with Gasteiger partial charge in [-0.1, -0.05) is 12.1 Å². The largest absolute Gasteiger partial charge is 0.488 e. The molecule has 1 fully saturated rings. The van der Waals surface area contributed by atoms with Crippen LogP contribution in [-0.4, -0.2) is 35.5 Å². The lowest BCUT2D eigenvalue weighted by Gasteiger charge is -2.21. The Bertz CT molecular complexity index is 983. The molecule has 1 N–H and O–H groups in total. The van der Waals surface area contributed by atoms with Gasteiger partial charge in [0.2, 0.25) is 5.76 Å². The van der Waals surface area contributed by atoms with Crippen LogP contribution >= 0.6 is 0 Å². The minimum atomic E-state index is -0.633. The first kappa shape index (κ1) is 20.2. The summed E-state index contributed by atoms with van der Waals surface area (Å²) in [6.45, 7) is 5.72. The highest BCUT2D eigenvalue weighted by atomic mass is 16.5. The Kier molecular flexibility index (Phi) is 5.45. The number of furan rings is 1. The lowest BCUT2D eigenvalue weighted by atomic mass is 10.1. The van der Waals surface area contributed by atoms with Gasteiger partial charge in [0.05, 0.1) is 13.7 Å². The molecule has 3 amide bonds. The summed E-state index contributed by atoms with van der Waals surface area (Å²) in [7, 11) is 1.24. The third-order valence-corrected chi connectivity index (χ3v) is 3.92. The third-order valence-electron chi connectivity index (χ3n) is 3.92. The van der Waals surface area contributed by atoms with Crippen molar-refractivity contribution in [3.05, 3.63) is 59.2 Å². The Balaban J connectivity index is 1.76. The van der Waals surface area contributed by atoms with E-state index in [1.165, 1.54) is 19.2 Å².